The Kier molecular flexibility index (Phi) is 6.95. The molecule has 0 heterocycles. The van der Waals surface area contributed by atoms with Crippen LogP contribution >= 0.6 is 0 Å². The first-order valence-corrected chi connectivity index (χ1v) is 12.0. The van der Waals surface area contributed by atoms with Crippen molar-refractivity contribution in [2.45, 2.75) is 19.3 Å². The second-order valence-electron chi connectivity index (χ2n) is 8.40. The van der Waals surface area contributed by atoms with Gasteiger partial charge in [-0.15, -0.1) is 0 Å². The summed E-state index contributed by atoms with van der Waals surface area (Å²) < 4.78 is 11.8. The van der Waals surface area contributed by atoms with Crippen molar-refractivity contribution in [3.8, 4) is 11.5 Å². The number of hydrogen-bond donors (Lipinski definition) is 0. The second-order valence-corrected chi connectivity index (χ2v) is 8.40. The molecule has 0 aliphatic heterocycles. The normalized spacial score (nSPS) is 15.6. The number of rotatable bonds is 6. The number of benzene rings is 3. The van der Waals surface area contributed by atoms with E-state index in [0.29, 0.717) is 11.5 Å². The molecular formula is C32H29NO2. The van der Waals surface area contributed by atoms with Gasteiger partial charge in [-0.1, -0.05) is 78.9 Å². The van der Waals surface area contributed by atoms with Gasteiger partial charge in [0.2, 0.25) is 0 Å². The van der Waals surface area contributed by atoms with Gasteiger partial charge in [-0.2, -0.15) is 0 Å². The van der Waals surface area contributed by atoms with Crippen molar-refractivity contribution in [3.05, 3.63) is 138 Å². The highest BCUT2D eigenvalue weighted by atomic mass is 16.5. The third kappa shape index (κ3) is 5.15. The molecule has 2 aliphatic carbocycles. The molecule has 3 aromatic rings. The molecule has 2 aliphatic rings. The molecular weight excluding hydrogens is 430 g/mol. The van der Waals surface area contributed by atoms with Crippen molar-refractivity contribution in [1.82, 2.24) is 0 Å². The van der Waals surface area contributed by atoms with E-state index in [1.165, 1.54) is 11.1 Å². The fourth-order valence-corrected chi connectivity index (χ4v) is 4.42. The van der Waals surface area contributed by atoms with E-state index in [4.69, 9.17) is 9.47 Å². The van der Waals surface area contributed by atoms with Crippen LogP contribution in [0.4, 0.5) is 11.4 Å². The van der Waals surface area contributed by atoms with Gasteiger partial charge < -0.3 is 14.4 Å². The Morgan fingerprint density at radius 2 is 1.51 bits per heavy atom. The first kappa shape index (κ1) is 22.5. The fraction of sp³-hybridized carbons (Fsp3) is 0.125. The van der Waals surface area contributed by atoms with Crippen LogP contribution in [0.15, 0.2) is 127 Å². The molecule has 0 N–H and O–H groups in total. The van der Waals surface area contributed by atoms with Crippen LogP contribution in [0.2, 0.25) is 0 Å². The molecule has 0 saturated carbocycles. The minimum absolute atomic E-state index is 0.693. The van der Waals surface area contributed by atoms with Crippen LogP contribution in [0, 0.1) is 0 Å². The van der Waals surface area contributed by atoms with Crippen molar-refractivity contribution in [2.24, 2.45) is 0 Å². The second kappa shape index (κ2) is 10.8. The van der Waals surface area contributed by atoms with Crippen LogP contribution in [0.3, 0.4) is 0 Å². The number of hydrogen-bond acceptors (Lipinski definition) is 3. The molecule has 3 nitrogen and oxygen atoms in total. The fourth-order valence-electron chi connectivity index (χ4n) is 4.42. The summed E-state index contributed by atoms with van der Waals surface area (Å²) in [7, 11) is 1.66. The Bertz CT molecular complexity index is 1330. The molecule has 174 valence electrons. The lowest BCUT2D eigenvalue weighted by Crippen LogP contribution is -2.17. The molecule has 0 atom stereocenters. The lowest BCUT2D eigenvalue weighted by atomic mass is 9.98. The van der Waals surface area contributed by atoms with Crippen LogP contribution in [0.25, 0.3) is 6.08 Å². The predicted molar refractivity (Wildman–Crippen MR) is 145 cm³/mol. The maximum atomic E-state index is 6.32. The summed E-state index contributed by atoms with van der Waals surface area (Å²) in [6.45, 7) is 0. The van der Waals surface area contributed by atoms with E-state index in [0.717, 1.165) is 42.1 Å². The molecule has 0 amide bonds. The zero-order valence-electron chi connectivity index (χ0n) is 19.9. The van der Waals surface area contributed by atoms with Gasteiger partial charge in [0.15, 0.2) is 11.5 Å². The molecule has 0 radical (unpaired) electrons. The quantitative estimate of drug-likeness (QED) is 0.347. The smallest absolute Gasteiger partial charge is 0.169 e. The van der Waals surface area contributed by atoms with E-state index in [9.17, 15) is 0 Å². The minimum atomic E-state index is 0.693. The monoisotopic (exact) mass is 459 g/mol. The first-order valence-electron chi connectivity index (χ1n) is 12.0. The Morgan fingerprint density at radius 3 is 2.37 bits per heavy atom. The van der Waals surface area contributed by atoms with E-state index in [1.807, 2.05) is 30.3 Å². The highest BCUT2D eigenvalue weighted by Gasteiger charge is 2.19. The van der Waals surface area contributed by atoms with Crippen molar-refractivity contribution in [1.29, 1.82) is 0 Å². The lowest BCUT2D eigenvalue weighted by molar-refractivity contribution is 0.367. The number of nitrogens with zero attached hydrogens (tertiary/aromatic N) is 1. The molecule has 0 saturated heterocycles. The van der Waals surface area contributed by atoms with Crippen LogP contribution < -0.4 is 14.4 Å². The maximum absolute atomic E-state index is 6.32. The summed E-state index contributed by atoms with van der Waals surface area (Å²) in [6, 6.07) is 24.8. The number of anilines is 2. The zero-order chi connectivity index (χ0) is 23.9. The van der Waals surface area contributed by atoms with Crippen molar-refractivity contribution in [3.63, 3.8) is 0 Å². The SMILES string of the molecule is COc1ccccc1OC1=CC(N(c2ccccc2)c2cccc3c2/C=C\CC=CC3)=CCC=C1. The van der Waals surface area contributed by atoms with Crippen LogP contribution in [0.1, 0.15) is 24.0 Å². The van der Waals surface area contributed by atoms with Crippen LogP contribution in [0.5, 0.6) is 11.5 Å². The zero-order valence-corrected chi connectivity index (χ0v) is 19.9. The average Bonchev–Trinajstić information content (AvgIpc) is 3.11. The molecule has 35 heavy (non-hydrogen) atoms. The lowest BCUT2D eigenvalue weighted by Gasteiger charge is -2.29. The van der Waals surface area contributed by atoms with Gasteiger partial charge in [-0.25, -0.2) is 0 Å². The van der Waals surface area contributed by atoms with E-state index in [1.54, 1.807) is 7.11 Å². The number of para-hydroxylation sites is 3. The van der Waals surface area contributed by atoms with E-state index in [-0.39, 0.29) is 0 Å². The molecule has 0 bridgehead atoms. The highest BCUT2D eigenvalue weighted by molar-refractivity contribution is 5.80. The van der Waals surface area contributed by atoms with Gasteiger partial charge in [0, 0.05) is 23.0 Å². The third-order valence-electron chi connectivity index (χ3n) is 6.08. The van der Waals surface area contributed by atoms with Crippen molar-refractivity contribution in [2.75, 3.05) is 12.0 Å². The summed E-state index contributed by atoms with van der Waals surface area (Å²) in [5, 5.41) is 0. The summed E-state index contributed by atoms with van der Waals surface area (Å²) in [5.74, 6) is 2.16. The molecule has 5 rings (SSSR count). The van der Waals surface area contributed by atoms with E-state index >= 15 is 0 Å². The average molecular weight is 460 g/mol. The van der Waals surface area contributed by atoms with Gasteiger partial charge in [0.1, 0.15) is 5.76 Å². The van der Waals surface area contributed by atoms with Crippen molar-refractivity contribution >= 4 is 17.5 Å². The van der Waals surface area contributed by atoms with Crippen LogP contribution in [-0.2, 0) is 6.42 Å². The topological polar surface area (TPSA) is 21.7 Å². The Labute approximate surface area is 207 Å². The molecule has 0 fully saturated rings. The van der Waals surface area contributed by atoms with Gasteiger partial charge in [0.05, 0.1) is 12.8 Å². The predicted octanol–water partition coefficient (Wildman–Crippen LogP) is 8.16. The molecule has 0 unspecified atom stereocenters. The third-order valence-corrected chi connectivity index (χ3v) is 6.08. The summed E-state index contributed by atoms with van der Waals surface area (Å²) in [4.78, 5) is 2.33. The Morgan fingerprint density at radius 1 is 0.714 bits per heavy atom. The summed E-state index contributed by atoms with van der Waals surface area (Å²) in [5.41, 5.74) is 5.89. The maximum Gasteiger partial charge on any atom is 0.169 e. The standard InChI is InChI=1S/C32H29NO2/c1-34-31-22-11-12-23-32(31)35-28-19-10-9-18-27(24-28)33(26-16-6-4-7-17-26)30-21-13-15-25-14-5-2-3-8-20-29(25)30/h2,4-8,10-13,15-24H,3,9,14H2,1H3/b5-2?,20-8-. The van der Waals surface area contributed by atoms with Gasteiger partial charge in [-0.05, 0) is 61.2 Å². The molecule has 0 spiro atoms. The number of allylic oxidation sites excluding steroid dienone is 7. The number of fused-ring (bicyclic) bond motifs is 1. The molecule has 0 aromatic heterocycles. The van der Waals surface area contributed by atoms with E-state index < -0.39 is 0 Å². The number of ether oxygens (including phenoxy) is 2. The Hall–Kier alpha value is -4.24. The summed E-state index contributed by atoms with van der Waals surface area (Å²) in [6.07, 6.45) is 20.2. The minimum Gasteiger partial charge on any atom is -0.493 e. The van der Waals surface area contributed by atoms with Gasteiger partial charge in [0.25, 0.3) is 0 Å². The molecule has 3 heteroatoms. The highest BCUT2D eigenvalue weighted by Crippen LogP contribution is 2.37. The van der Waals surface area contributed by atoms with Crippen LogP contribution in [-0.4, -0.2) is 7.11 Å². The van der Waals surface area contributed by atoms with E-state index in [2.05, 4.69) is 96.0 Å². The molecule has 3 aromatic carbocycles. The largest absolute Gasteiger partial charge is 0.493 e. The number of methoxy groups -OCH3 is 1. The van der Waals surface area contributed by atoms with Crippen molar-refractivity contribution < 1.29 is 9.47 Å². The van der Waals surface area contributed by atoms with Gasteiger partial charge in [-0.3, -0.25) is 0 Å². The van der Waals surface area contributed by atoms with Gasteiger partial charge >= 0.3 is 0 Å². The summed E-state index contributed by atoms with van der Waals surface area (Å²) >= 11 is 0. The Balaban J connectivity index is 1.61. The first-order chi connectivity index (χ1) is 17.3.